The third-order valence-corrected chi connectivity index (χ3v) is 4.79. The molecule has 1 atom stereocenters. The predicted molar refractivity (Wildman–Crippen MR) is 110 cm³/mol. The monoisotopic (exact) mass is 376 g/mol. The summed E-state index contributed by atoms with van der Waals surface area (Å²) in [5, 5.41) is 10.3. The molecule has 1 heterocycles. The lowest BCUT2D eigenvalue weighted by Gasteiger charge is -2.36. The molecule has 1 fully saturated rings. The molecule has 0 aromatic heterocycles. The van der Waals surface area contributed by atoms with Gasteiger partial charge in [0.2, 0.25) is 0 Å². The van der Waals surface area contributed by atoms with Crippen molar-refractivity contribution in [2.75, 3.05) is 44.2 Å². The standard InChI is InChI=1S/C21H28N2O2.ClH/c1-17-7-6-8-18(2)21(17)25-16-20(24)15-22-11-13-23(14-12-22)19-9-4-3-5-10-19;/h3-10,20,24H,11-16H2,1-2H3;1H. The Balaban J connectivity index is 0.00000243. The molecular formula is C21H29ClN2O2. The Bertz CT molecular complexity index is 653. The van der Waals surface area contributed by atoms with Crippen LogP contribution in [0.2, 0.25) is 0 Å². The average molecular weight is 377 g/mol. The highest BCUT2D eigenvalue weighted by Gasteiger charge is 2.20. The van der Waals surface area contributed by atoms with Crippen LogP contribution in [0.5, 0.6) is 5.75 Å². The van der Waals surface area contributed by atoms with Crippen LogP contribution in [0.4, 0.5) is 5.69 Å². The predicted octanol–water partition coefficient (Wildman–Crippen LogP) is 3.29. The minimum Gasteiger partial charge on any atom is -0.490 e. The van der Waals surface area contributed by atoms with Crippen LogP contribution in [0.3, 0.4) is 0 Å². The minimum atomic E-state index is -0.470. The van der Waals surface area contributed by atoms with Crippen molar-refractivity contribution < 1.29 is 9.84 Å². The van der Waals surface area contributed by atoms with E-state index in [2.05, 4.69) is 34.1 Å². The maximum atomic E-state index is 10.3. The molecule has 1 saturated heterocycles. The number of aryl methyl sites for hydroxylation is 2. The maximum Gasteiger partial charge on any atom is 0.125 e. The normalized spacial score (nSPS) is 16.0. The summed E-state index contributed by atoms with van der Waals surface area (Å²) in [6, 6.07) is 16.6. The second-order valence-electron chi connectivity index (χ2n) is 6.81. The molecule has 142 valence electrons. The van der Waals surface area contributed by atoms with Crippen molar-refractivity contribution in [2.24, 2.45) is 0 Å². The number of hydrogen-bond acceptors (Lipinski definition) is 4. The fraction of sp³-hybridized carbons (Fsp3) is 0.429. The van der Waals surface area contributed by atoms with Gasteiger partial charge < -0.3 is 14.7 Å². The summed E-state index contributed by atoms with van der Waals surface area (Å²) in [7, 11) is 0. The Morgan fingerprint density at radius 2 is 1.54 bits per heavy atom. The van der Waals surface area contributed by atoms with E-state index in [0.717, 1.165) is 43.1 Å². The number of piperazine rings is 1. The summed E-state index contributed by atoms with van der Waals surface area (Å²) in [4.78, 5) is 4.72. The summed E-state index contributed by atoms with van der Waals surface area (Å²) in [6.45, 7) is 9.00. The van der Waals surface area contributed by atoms with Gasteiger partial charge in [0, 0.05) is 38.4 Å². The molecule has 0 spiro atoms. The van der Waals surface area contributed by atoms with Crippen LogP contribution in [0, 0.1) is 13.8 Å². The number of halogens is 1. The van der Waals surface area contributed by atoms with Crippen LogP contribution in [0.15, 0.2) is 48.5 Å². The van der Waals surface area contributed by atoms with Gasteiger partial charge in [-0.3, -0.25) is 4.90 Å². The topological polar surface area (TPSA) is 35.9 Å². The van der Waals surface area contributed by atoms with Crippen molar-refractivity contribution >= 4 is 18.1 Å². The number of rotatable bonds is 6. The molecule has 1 aliphatic rings. The first-order valence-corrected chi connectivity index (χ1v) is 9.03. The van der Waals surface area contributed by atoms with Crippen molar-refractivity contribution in [3.8, 4) is 5.75 Å². The highest BCUT2D eigenvalue weighted by Crippen LogP contribution is 2.22. The number of hydrogen-bond donors (Lipinski definition) is 1. The van der Waals surface area contributed by atoms with E-state index in [1.165, 1.54) is 5.69 Å². The van der Waals surface area contributed by atoms with Gasteiger partial charge in [-0.15, -0.1) is 12.4 Å². The molecule has 1 aliphatic heterocycles. The smallest absolute Gasteiger partial charge is 0.125 e. The number of aliphatic hydroxyl groups is 1. The molecule has 0 amide bonds. The summed E-state index contributed by atoms with van der Waals surface area (Å²) >= 11 is 0. The highest BCUT2D eigenvalue weighted by atomic mass is 35.5. The van der Waals surface area contributed by atoms with Crippen molar-refractivity contribution in [1.29, 1.82) is 0 Å². The molecule has 0 saturated carbocycles. The van der Waals surface area contributed by atoms with Crippen molar-refractivity contribution in [3.63, 3.8) is 0 Å². The fourth-order valence-corrected chi connectivity index (χ4v) is 3.38. The van der Waals surface area contributed by atoms with Crippen LogP contribution in [-0.2, 0) is 0 Å². The fourth-order valence-electron chi connectivity index (χ4n) is 3.38. The van der Waals surface area contributed by atoms with Gasteiger partial charge in [0.15, 0.2) is 0 Å². The summed E-state index contributed by atoms with van der Waals surface area (Å²) < 4.78 is 5.87. The first-order chi connectivity index (χ1) is 12.1. The Hall–Kier alpha value is -1.75. The number of ether oxygens (including phenoxy) is 1. The van der Waals surface area contributed by atoms with Gasteiger partial charge in [-0.2, -0.15) is 0 Å². The second kappa shape index (κ2) is 9.81. The van der Waals surface area contributed by atoms with Gasteiger partial charge in [0.1, 0.15) is 18.5 Å². The molecule has 0 radical (unpaired) electrons. The van der Waals surface area contributed by atoms with E-state index >= 15 is 0 Å². The molecule has 2 aromatic carbocycles. The molecule has 1 unspecified atom stereocenters. The van der Waals surface area contributed by atoms with E-state index in [4.69, 9.17) is 4.74 Å². The van der Waals surface area contributed by atoms with Gasteiger partial charge >= 0.3 is 0 Å². The van der Waals surface area contributed by atoms with E-state index in [-0.39, 0.29) is 12.4 Å². The molecular weight excluding hydrogens is 348 g/mol. The van der Waals surface area contributed by atoms with Gasteiger partial charge in [-0.05, 0) is 37.1 Å². The average Bonchev–Trinajstić information content (AvgIpc) is 2.63. The third kappa shape index (κ3) is 5.37. The lowest BCUT2D eigenvalue weighted by molar-refractivity contribution is 0.0658. The molecule has 3 rings (SSSR count). The molecule has 26 heavy (non-hydrogen) atoms. The molecule has 4 nitrogen and oxygen atoms in total. The van der Waals surface area contributed by atoms with Crippen molar-refractivity contribution in [1.82, 2.24) is 4.90 Å². The van der Waals surface area contributed by atoms with Gasteiger partial charge in [-0.1, -0.05) is 36.4 Å². The van der Waals surface area contributed by atoms with E-state index in [1.54, 1.807) is 0 Å². The molecule has 0 bridgehead atoms. The second-order valence-corrected chi connectivity index (χ2v) is 6.81. The SMILES string of the molecule is Cc1cccc(C)c1OCC(O)CN1CCN(c2ccccc2)CC1.Cl. The molecule has 1 N–H and O–H groups in total. The quantitative estimate of drug-likeness (QED) is 0.839. The van der Waals surface area contributed by atoms with Gasteiger partial charge in [0.05, 0.1) is 0 Å². The Labute approximate surface area is 162 Å². The molecule has 5 heteroatoms. The lowest BCUT2D eigenvalue weighted by atomic mass is 10.1. The number of para-hydroxylation sites is 2. The highest BCUT2D eigenvalue weighted by molar-refractivity contribution is 5.85. The number of aliphatic hydroxyl groups excluding tert-OH is 1. The van der Waals surface area contributed by atoms with Crippen molar-refractivity contribution in [2.45, 2.75) is 20.0 Å². The number of β-amino-alcohol motifs (C(OH)–C–C–N with tert-alkyl or cyclic N) is 1. The molecule has 0 aliphatic carbocycles. The van der Waals surface area contributed by atoms with Crippen LogP contribution < -0.4 is 9.64 Å². The third-order valence-electron chi connectivity index (χ3n) is 4.79. The zero-order chi connectivity index (χ0) is 17.6. The van der Waals surface area contributed by atoms with E-state index in [0.29, 0.717) is 13.2 Å². The van der Waals surface area contributed by atoms with Crippen LogP contribution in [0.25, 0.3) is 0 Å². The maximum absolute atomic E-state index is 10.3. The largest absolute Gasteiger partial charge is 0.490 e. The first kappa shape index (κ1) is 20.6. The van der Waals surface area contributed by atoms with E-state index in [9.17, 15) is 5.11 Å². The Morgan fingerprint density at radius 1 is 0.923 bits per heavy atom. The Kier molecular flexibility index (Phi) is 7.76. The minimum absolute atomic E-state index is 0. The number of benzene rings is 2. The van der Waals surface area contributed by atoms with E-state index in [1.807, 2.05) is 38.1 Å². The van der Waals surface area contributed by atoms with Gasteiger partial charge in [-0.25, -0.2) is 0 Å². The summed E-state index contributed by atoms with van der Waals surface area (Å²) in [5.41, 5.74) is 3.51. The zero-order valence-corrected chi connectivity index (χ0v) is 16.4. The van der Waals surface area contributed by atoms with Crippen molar-refractivity contribution in [3.05, 3.63) is 59.7 Å². The van der Waals surface area contributed by atoms with Gasteiger partial charge in [0.25, 0.3) is 0 Å². The number of nitrogens with zero attached hydrogens (tertiary/aromatic N) is 2. The lowest BCUT2D eigenvalue weighted by Crippen LogP contribution is -2.49. The summed E-state index contributed by atoms with van der Waals surface area (Å²) in [5.74, 6) is 0.899. The van der Waals surface area contributed by atoms with E-state index < -0.39 is 6.10 Å². The number of anilines is 1. The van der Waals surface area contributed by atoms with Crippen LogP contribution >= 0.6 is 12.4 Å². The Morgan fingerprint density at radius 3 is 2.15 bits per heavy atom. The molecule has 2 aromatic rings. The zero-order valence-electron chi connectivity index (χ0n) is 15.6. The first-order valence-electron chi connectivity index (χ1n) is 9.03. The summed E-state index contributed by atoms with van der Waals surface area (Å²) in [6.07, 6.45) is -0.470. The van der Waals surface area contributed by atoms with Crippen LogP contribution in [-0.4, -0.2) is 55.4 Å². The van der Waals surface area contributed by atoms with Crippen LogP contribution in [0.1, 0.15) is 11.1 Å².